The van der Waals surface area contributed by atoms with Gasteiger partial charge in [-0.25, -0.2) is 4.39 Å². The zero-order valence-electron chi connectivity index (χ0n) is 14.0. The molecule has 0 heterocycles. The highest BCUT2D eigenvalue weighted by molar-refractivity contribution is 5.92. The lowest BCUT2D eigenvalue weighted by molar-refractivity contribution is -0.117. The van der Waals surface area contributed by atoms with Crippen molar-refractivity contribution in [2.45, 2.75) is 6.54 Å². The standard InChI is InChI=1S/C18H21FN2O3/c1-21(11-13-7-8-16(23-2)17(9-13)24-3)12-18(22)20-15-6-4-5-14(19)10-15/h4-10H,11-12H2,1-3H3,(H,20,22). The number of rotatable bonds is 7. The molecular formula is C18H21FN2O3. The van der Waals surface area contributed by atoms with Crippen molar-refractivity contribution in [2.75, 3.05) is 33.1 Å². The molecule has 0 aromatic heterocycles. The summed E-state index contributed by atoms with van der Waals surface area (Å²) in [5, 5.41) is 2.67. The maximum atomic E-state index is 13.1. The molecule has 0 fully saturated rings. The van der Waals surface area contributed by atoms with Gasteiger partial charge in [0, 0.05) is 12.2 Å². The van der Waals surface area contributed by atoms with Crippen LogP contribution < -0.4 is 14.8 Å². The van der Waals surface area contributed by atoms with Crippen LogP contribution in [0.25, 0.3) is 0 Å². The summed E-state index contributed by atoms with van der Waals surface area (Å²) in [5.41, 5.74) is 1.44. The average molecular weight is 332 g/mol. The van der Waals surface area contributed by atoms with E-state index in [0.29, 0.717) is 23.7 Å². The van der Waals surface area contributed by atoms with E-state index in [2.05, 4.69) is 5.32 Å². The second-order valence-corrected chi connectivity index (χ2v) is 5.42. The van der Waals surface area contributed by atoms with Crippen LogP contribution in [0, 0.1) is 5.82 Å². The molecule has 0 unspecified atom stereocenters. The molecule has 128 valence electrons. The highest BCUT2D eigenvalue weighted by Crippen LogP contribution is 2.27. The van der Waals surface area contributed by atoms with Gasteiger partial charge in [-0.2, -0.15) is 0 Å². The number of halogens is 1. The third-order valence-corrected chi connectivity index (χ3v) is 3.42. The van der Waals surface area contributed by atoms with Crippen molar-refractivity contribution >= 4 is 11.6 Å². The Morgan fingerprint density at radius 1 is 1.12 bits per heavy atom. The predicted octanol–water partition coefficient (Wildman–Crippen LogP) is 2.91. The Hall–Kier alpha value is -2.60. The Bertz CT molecular complexity index is 706. The molecule has 1 amide bonds. The fraction of sp³-hybridized carbons (Fsp3) is 0.278. The Morgan fingerprint density at radius 3 is 2.54 bits per heavy atom. The zero-order chi connectivity index (χ0) is 17.5. The molecule has 0 atom stereocenters. The fourth-order valence-electron chi connectivity index (χ4n) is 2.36. The number of nitrogens with one attached hydrogen (secondary N) is 1. The van der Waals surface area contributed by atoms with E-state index in [4.69, 9.17) is 9.47 Å². The van der Waals surface area contributed by atoms with Crippen molar-refractivity contribution in [1.82, 2.24) is 4.90 Å². The molecule has 0 saturated heterocycles. The number of hydrogen-bond acceptors (Lipinski definition) is 4. The molecule has 1 N–H and O–H groups in total. The lowest BCUT2D eigenvalue weighted by Gasteiger charge is -2.17. The molecule has 2 rings (SSSR count). The number of amides is 1. The summed E-state index contributed by atoms with van der Waals surface area (Å²) in [6.45, 7) is 0.752. The van der Waals surface area contributed by atoms with Gasteiger partial charge in [0.1, 0.15) is 5.82 Å². The molecule has 0 aliphatic carbocycles. The Labute approximate surface area is 141 Å². The number of likely N-dealkylation sites (N-methyl/N-ethyl adjacent to an activating group) is 1. The van der Waals surface area contributed by atoms with Crippen LogP contribution in [0.3, 0.4) is 0 Å². The molecule has 0 aliphatic heterocycles. The fourth-order valence-corrected chi connectivity index (χ4v) is 2.36. The smallest absolute Gasteiger partial charge is 0.238 e. The first-order valence-corrected chi connectivity index (χ1v) is 7.46. The van der Waals surface area contributed by atoms with Crippen LogP contribution in [0.4, 0.5) is 10.1 Å². The molecule has 0 saturated carbocycles. The first-order chi connectivity index (χ1) is 11.5. The topological polar surface area (TPSA) is 50.8 Å². The van der Waals surface area contributed by atoms with E-state index >= 15 is 0 Å². The number of methoxy groups -OCH3 is 2. The molecule has 0 spiro atoms. The summed E-state index contributed by atoms with van der Waals surface area (Å²) < 4.78 is 23.6. The van der Waals surface area contributed by atoms with Crippen LogP contribution in [0.15, 0.2) is 42.5 Å². The van der Waals surface area contributed by atoms with Gasteiger partial charge in [0.05, 0.1) is 20.8 Å². The largest absolute Gasteiger partial charge is 0.493 e. The second kappa shape index (κ2) is 8.31. The molecule has 0 bridgehead atoms. The maximum Gasteiger partial charge on any atom is 0.238 e. The van der Waals surface area contributed by atoms with Crippen molar-refractivity contribution in [3.8, 4) is 11.5 Å². The van der Waals surface area contributed by atoms with E-state index < -0.39 is 0 Å². The highest BCUT2D eigenvalue weighted by atomic mass is 19.1. The molecule has 2 aromatic carbocycles. The highest BCUT2D eigenvalue weighted by Gasteiger charge is 2.10. The molecule has 0 aliphatic rings. The molecule has 0 radical (unpaired) electrons. The van der Waals surface area contributed by atoms with Gasteiger partial charge in [-0.15, -0.1) is 0 Å². The normalized spacial score (nSPS) is 10.5. The van der Waals surface area contributed by atoms with Gasteiger partial charge in [-0.05, 0) is 42.9 Å². The number of anilines is 1. The minimum atomic E-state index is -0.383. The van der Waals surface area contributed by atoms with Gasteiger partial charge >= 0.3 is 0 Å². The predicted molar refractivity (Wildman–Crippen MR) is 90.9 cm³/mol. The number of carbonyl (C=O) groups is 1. The van der Waals surface area contributed by atoms with Crippen molar-refractivity contribution in [2.24, 2.45) is 0 Å². The first kappa shape index (κ1) is 17.7. The lowest BCUT2D eigenvalue weighted by atomic mass is 10.2. The van der Waals surface area contributed by atoms with Crippen molar-refractivity contribution in [1.29, 1.82) is 0 Å². The quantitative estimate of drug-likeness (QED) is 0.847. The number of carbonyl (C=O) groups excluding carboxylic acids is 1. The first-order valence-electron chi connectivity index (χ1n) is 7.46. The van der Waals surface area contributed by atoms with E-state index in [-0.39, 0.29) is 18.3 Å². The molecule has 24 heavy (non-hydrogen) atoms. The van der Waals surface area contributed by atoms with Crippen molar-refractivity contribution < 1.29 is 18.7 Å². The van der Waals surface area contributed by atoms with E-state index in [1.165, 1.54) is 12.1 Å². The summed E-state index contributed by atoms with van der Waals surface area (Å²) in [5.74, 6) is 0.718. The number of benzene rings is 2. The van der Waals surface area contributed by atoms with E-state index in [1.54, 1.807) is 26.4 Å². The number of hydrogen-bond donors (Lipinski definition) is 1. The van der Waals surface area contributed by atoms with Crippen LogP contribution in [-0.4, -0.2) is 38.6 Å². The van der Waals surface area contributed by atoms with Crippen molar-refractivity contribution in [3.63, 3.8) is 0 Å². The Kier molecular flexibility index (Phi) is 6.14. The van der Waals surface area contributed by atoms with E-state index in [0.717, 1.165) is 5.56 Å². The van der Waals surface area contributed by atoms with E-state index in [1.807, 2.05) is 30.1 Å². The summed E-state index contributed by atoms with van der Waals surface area (Å²) >= 11 is 0. The summed E-state index contributed by atoms with van der Waals surface area (Å²) in [6, 6.07) is 11.4. The van der Waals surface area contributed by atoms with Gasteiger partial charge < -0.3 is 14.8 Å². The third kappa shape index (κ3) is 4.96. The molecule has 2 aromatic rings. The third-order valence-electron chi connectivity index (χ3n) is 3.42. The van der Waals surface area contributed by atoms with Crippen LogP contribution in [-0.2, 0) is 11.3 Å². The van der Waals surface area contributed by atoms with Crippen LogP contribution in [0.2, 0.25) is 0 Å². The van der Waals surface area contributed by atoms with Gasteiger partial charge in [-0.3, -0.25) is 9.69 Å². The second-order valence-electron chi connectivity index (χ2n) is 5.42. The minimum absolute atomic E-state index is 0.185. The molecule has 5 nitrogen and oxygen atoms in total. The van der Waals surface area contributed by atoms with Crippen LogP contribution in [0.1, 0.15) is 5.56 Å². The number of nitrogens with zero attached hydrogens (tertiary/aromatic N) is 1. The molecule has 6 heteroatoms. The van der Waals surface area contributed by atoms with Gasteiger partial charge in [-0.1, -0.05) is 12.1 Å². The summed E-state index contributed by atoms with van der Waals surface area (Å²) in [7, 11) is 5.00. The maximum absolute atomic E-state index is 13.1. The van der Waals surface area contributed by atoms with E-state index in [9.17, 15) is 9.18 Å². The SMILES string of the molecule is COc1ccc(CN(C)CC(=O)Nc2cccc(F)c2)cc1OC. The van der Waals surface area contributed by atoms with Crippen molar-refractivity contribution in [3.05, 3.63) is 53.8 Å². The van der Waals surface area contributed by atoms with Gasteiger partial charge in [0.25, 0.3) is 0 Å². The minimum Gasteiger partial charge on any atom is -0.493 e. The zero-order valence-corrected chi connectivity index (χ0v) is 14.0. The van der Waals surface area contributed by atoms with Gasteiger partial charge in [0.15, 0.2) is 11.5 Å². The monoisotopic (exact) mass is 332 g/mol. The Morgan fingerprint density at radius 2 is 1.88 bits per heavy atom. The van der Waals surface area contributed by atoms with Crippen LogP contribution >= 0.6 is 0 Å². The lowest BCUT2D eigenvalue weighted by Crippen LogP contribution is -2.29. The molecular weight excluding hydrogens is 311 g/mol. The average Bonchev–Trinajstić information content (AvgIpc) is 2.54. The summed E-state index contributed by atoms with van der Waals surface area (Å²) in [4.78, 5) is 13.9. The summed E-state index contributed by atoms with van der Waals surface area (Å²) in [6.07, 6.45) is 0. The van der Waals surface area contributed by atoms with Crippen LogP contribution in [0.5, 0.6) is 11.5 Å². The van der Waals surface area contributed by atoms with Gasteiger partial charge in [0.2, 0.25) is 5.91 Å². The number of ether oxygens (including phenoxy) is 2. The Balaban J connectivity index is 1.92.